The van der Waals surface area contributed by atoms with Crippen molar-refractivity contribution in [3.63, 3.8) is 0 Å². The van der Waals surface area contributed by atoms with E-state index in [1.165, 1.54) is 11.1 Å². The maximum atomic E-state index is 5.66. The van der Waals surface area contributed by atoms with Gasteiger partial charge in [-0.15, -0.1) is 0 Å². The van der Waals surface area contributed by atoms with Crippen molar-refractivity contribution in [2.45, 2.75) is 14.8 Å². The Kier molecular flexibility index (Phi) is 4.63. The summed E-state index contributed by atoms with van der Waals surface area (Å²) in [6, 6.07) is 0. The van der Waals surface area contributed by atoms with Crippen molar-refractivity contribution < 1.29 is 4.74 Å². The molecule has 0 unspecified atom stereocenters. The first-order valence-corrected chi connectivity index (χ1v) is 17.0. The molecular formula is C13H25BN2OSn. The third-order valence-corrected chi connectivity index (χ3v) is 7.06. The van der Waals surface area contributed by atoms with Gasteiger partial charge in [-0.05, 0) is 0 Å². The predicted octanol–water partition coefficient (Wildman–Crippen LogP) is 1.65. The fourth-order valence-corrected chi connectivity index (χ4v) is 6.37. The number of rotatable bonds is 2. The van der Waals surface area contributed by atoms with Crippen LogP contribution in [0.3, 0.4) is 0 Å². The molecule has 2 aliphatic heterocycles. The Hall–Kier alpha value is 0.224. The summed E-state index contributed by atoms with van der Waals surface area (Å²) in [6.45, 7) is 4.37. The second kappa shape index (κ2) is 5.69. The van der Waals surface area contributed by atoms with Crippen molar-refractivity contribution in [2.75, 3.05) is 40.4 Å². The molecule has 2 aliphatic rings. The molecule has 0 bridgehead atoms. The van der Waals surface area contributed by atoms with Crippen LogP contribution in [0.25, 0.3) is 0 Å². The average molecular weight is 355 g/mol. The molecule has 5 heteroatoms. The maximum absolute atomic E-state index is 5.66. The molecule has 2 heterocycles. The van der Waals surface area contributed by atoms with Gasteiger partial charge in [-0.25, -0.2) is 0 Å². The van der Waals surface area contributed by atoms with Crippen molar-refractivity contribution in [1.82, 2.24) is 9.62 Å². The summed E-state index contributed by atoms with van der Waals surface area (Å²) in [5.74, 6) is 2.41. The second-order valence-corrected chi connectivity index (χ2v) is 20.9. The van der Waals surface area contributed by atoms with Crippen molar-refractivity contribution in [2.24, 2.45) is 0 Å². The predicted molar refractivity (Wildman–Crippen MR) is 81.3 cm³/mol. The molecule has 0 N–H and O–H groups in total. The summed E-state index contributed by atoms with van der Waals surface area (Å²) in [5.41, 5.74) is 2.89. The average Bonchev–Trinajstić information content (AvgIpc) is 2.78. The minimum atomic E-state index is -1.87. The zero-order valence-corrected chi connectivity index (χ0v) is 15.2. The van der Waals surface area contributed by atoms with Crippen LogP contribution in [-0.4, -0.2) is 75.4 Å². The van der Waals surface area contributed by atoms with Crippen LogP contribution in [0.1, 0.15) is 0 Å². The third-order valence-electron chi connectivity index (χ3n) is 3.59. The molecule has 2 fully saturated rings. The van der Waals surface area contributed by atoms with E-state index in [0.717, 1.165) is 26.3 Å². The number of likely N-dealkylation sites (N-methyl/N-ethyl adjacent to an activating group) is 2. The fourth-order valence-electron chi connectivity index (χ4n) is 2.62. The molecule has 0 aliphatic carbocycles. The molecule has 0 spiro atoms. The van der Waals surface area contributed by atoms with Gasteiger partial charge in [-0.3, -0.25) is 0 Å². The molecule has 3 nitrogen and oxygen atoms in total. The Morgan fingerprint density at radius 2 is 1.61 bits per heavy atom. The number of ether oxygens (including phenoxy) is 1. The van der Waals surface area contributed by atoms with Gasteiger partial charge in [-0.2, -0.15) is 0 Å². The first-order valence-electron chi connectivity index (χ1n) is 6.78. The first kappa shape index (κ1) is 14.6. The van der Waals surface area contributed by atoms with E-state index < -0.39 is 18.4 Å². The van der Waals surface area contributed by atoms with Crippen molar-refractivity contribution in [1.29, 1.82) is 0 Å². The molecule has 0 aromatic carbocycles. The van der Waals surface area contributed by atoms with Crippen LogP contribution in [0, 0.1) is 0 Å². The molecule has 0 aromatic rings. The van der Waals surface area contributed by atoms with Crippen LogP contribution in [-0.2, 0) is 4.74 Å². The Balaban J connectivity index is 2.19. The zero-order valence-electron chi connectivity index (χ0n) is 12.4. The normalized spacial score (nSPS) is 27.9. The quantitative estimate of drug-likeness (QED) is 0.701. The van der Waals surface area contributed by atoms with E-state index in [-0.39, 0.29) is 0 Å². The summed E-state index contributed by atoms with van der Waals surface area (Å²) >= 11 is -1.87. The van der Waals surface area contributed by atoms with Crippen molar-refractivity contribution in [3.8, 4) is 0 Å². The Labute approximate surface area is 116 Å². The second-order valence-electron chi connectivity index (χ2n) is 6.60. The molecule has 0 amide bonds. The van der Waals surface area contributed by atoms with E-state index >= 15 is 0 Å². The summed E-state index contributed by atoms with van der Waals surface area (Å²) < 4.78 is 8.21. The van der Waals surface area contributed by atoms with Crippen molar-refractivity contribution >= 4 is 25.4 Å². The monoisotopic (exact) mass is 356 g/mol. The SMILES string of the molecule is CN1CCN(C)B1C=C1COCC1=[CH][Sn]([CH3])([CH3])[CH3]. The van der Waals surface area contributed by atoms with Crippen molar-refractivity contribution in [3.05, 3.63) is 21.2 Å². The molecule has 0 saturated carbocycles. The number of hydrogen-bond donors (Lipinski definition) is 0. The molecular weight excluding hydrogens is 330 g/mol. The minimum absolute atomic E-state index is 0.445. The van der Waals surface area contributed by atoms with E-state index in [2.05, 4.69) is 48.6 Å². The van der Waals surface area contributed by atoms with Gasteiger partial charge in [0.1, 0.15) is 0 Å². The third kappa shape index (κ3) is 3.62. The van der Waals surface area contributed by atoms with Gasteiger partial charge in [0, 0.05) is 0 Å². The summed E-state index contributed by atoms with van der Waals surface area (Å²) in [4.78, 5) is 12.2. The van der Waals surface area contributed by atoms with E-state index in [0.29, 0.717) is 6.98 Å². The number of nitrogens with zero attached hydrogens (tertiary/aromatic N) is 2. The van der Waals surface area contributed by atoms with Gasteiger partial charge in [0.05, 0.1) is 0 Å². The zero-order chi connectivity index (χ0) is 13.3. The van der Waals surface area contributed by atoms with Gasteiger partial charge in [0.25, 0.3) is 0 Å². The summed E-state index contributed by atoms with van der Waals surface area (Å²) in [6.07, 6.45) is 0. The van der Waals surface area contributed by atoms with E-state index in [1.807, 2.05) is 0 Å². The van der Waals surface area contributed by atoms with E-state index in [1.54, 1.807) is 0 Å². The molecule has 2 rings (SSSR count). The van der Waals surface area contributed by atoms with Crippen LogP contribution >= 0.6 is 0 Å². The summed E-state index contributed by atoms with van der Waals surface area (Å²) in [5, 5.41) is 0. The van der Waals surface area contributed by atoms with Gasteiger partial charge >= 0.3 is 116 Å². The van der Waals surface area contributed by atoms with Gasteiger partial charge < -0.3 is 0 Å². The van der Waals surface area contributed by atoms with Gasteiger partial charge in [0.2, 0.25) is 0 Å². The van der Waals surface area contributed by atoms with Crippen LogP contribution in [0.15, 0.2) is 21.2 Å². The Morgan fingerprint density at radius 1 is 1.06 bits per heavy atom. The molecule has 0 aromatic heterocycles. The Morgan fingerprint density at radius 3 is 2.17 bits per heavy atom. The summed E-state index contributed by atoms with van der Waals surface area (Å²) in [7, 11) is 4.40. The molecule has 2 saturated heterocycles. The Bertz CT molecular complexity index is 366. The number of hydrogen-bond acceptors (Lipinski definition) is 3. The molecule has 0 atom stereocenters. The topological polar surface area (TPSA) is 15.7 Å². The first-order chi connectivity index (χ1) is 8.37. The molecule has 0 radical (unpaired) electrons. The van der Waals surface area contributed by atoms with E-state index in [9.17, 15) is 0 Å². The van der Waals surface area contributed by atoms with Crippen LogP contribution < -0.4 is 0 Å². The van der Waals surface area contributed by atoms with Crippen LogP contribution in [0.5, 0.6) is 0 Å². The molecule has 18 heavy (non-hydrogen) atoms. The van der Waals surface area contributed by atoms with Gasteiger partial charge in [0.15, 0.2) is 0 Å². The van der Waals surface area contributed by atoms with E-state index in [4.69, 9.17) is 4.74 Å². The van der Waals surface area contributed by atoms with Gasteiger partial charge in [-0.1, -0.05) is 0 Å². The fraction of sp³-hybridized carbons (Fsp3) is 0.692. The van der Waals surface area contributed by atoms with Crippen LogP contribution in [0.4, 0.5) is 0 Å². The molecule has 100 valence electrons. The van der Waals surface area contributed by atoms with Crippen LogP contribution in [0.2, 0.25) is 14.8 Å². The standard InChI is InChI=1S/C10H16BN2O.3CH3.Sn/c1-9-7-14-8-10(9)6-11-12(2)4-5-13(11)3;;;;/h1,6H,4-5,7-8H2,2-3H3;3*1H3;.